The Morgan fingerprint density at radius 1 is 0.931 bits per heavy atom. The number of aromatic nitrogens is 1. The van der Waals surface area contributed by atoms with Gasteiger partial charge < -0.3 is 40.4 Å². The molecule has 20 heteroatoms. The fourth-order valence-electron chi connectivity index (χ4n) is 6.42. The van der Waals surface area contributed by atoms with Crippen molar-refractivity contribution in [2.24, 2.45) is 0 Å². The second-order valence-corrected chi connectivity index (χ2v) is 14.9. The van der Waals surface area contributed by atoms with Crippen LogP contribution in [0.25, 0.3) is 10.9 Å². The molecule has 2 aromatic carbocycles. The first-order chi connectivity index (χ1) is 27.2. The lowest BCUT2D eigenvalue weighted by atomic mass is 9.89. The van der Waals surface area contributed by atoms with E-state index in [1.54, 1.807) is 23.5 Å². The van der Waals surface area contributed by atoms with E-state index in [0.717, 1.165) is 48.7 Å². The number of benzene rings is 2. The number of carbonyl (C=O) groups excluding carboxylic acids is 1. The number of ether oxygens (including phenoxy) is 1. The fraction of sp³-hybridized carbons (Fsp3) is 0.421. The van der Waals surface area contributed by atoms with E-state index in [1.165, 1.54) is 23.3 Å². The number of carboxylic acids is 2. The molecule has 1 amide bonds. The number of nitrogens with zero attached hydrogens (tertiary/aromatic N) is 2. The molecule has 2 saturated heterocycles. The van der Waals surface area contributed by atoms with E-state index < -0.39 is 30.4 Å². The summed E-state index contributed by atoms with van der Waals surface area (Å²) >= 11 is 1.56. The number of aliphatic hydroxyl groups excluding tert-OH is 1. The number of nitrogens with one attached hydrogen (secondary N) is 2. The number of alkyl halides is 6. The topological polar surface area (TPSA) is 193 Å². The van der Waals surface area contributed by atoms with Gasteiger partial charge in [-0.1, -0.05) is 30.3 Å². The van der Waals surface area contributed by atoms with Gasteiger partial charge in [-0.15, -0.1) is 11.3 Å². The van der Waals surface area contributed by atoms with Gasteiger partial charge in [-0.25, -0.2) is 9.59 Å². The third kappa shape index (κ3) is 13.0. The van der Waals surface area contributed by atoms with Crippen LogP contribution in [0.2, 0.25) is 0 Å². The number of piperidine rings is 1. The number of morpholine rings is 1. The van der Waals surface area contributed by atoms with Gasteiger partial charge in [0.2, 0.25) is 5.56 Å². The number of carboxylic acid groups (broad SMARTS) is 2. The number of halogens is 6. The fourth-order valence-corrected chi connectivity index (χ4v) is 7.25. The van der Waals surface area contributed by atoms with Crippen LogP contribution >= 0.6 is 11.3 Å². The molecule has 13 nitrogen and oxygen atoms in total. The van der Waals surface area contributed by atoms with Gasteiger partial charge in [0.1, 0.15) is 5.75 Å². The number of likely N-dealkylation sites (tertiary alicyclic amines) is 1. The normalized spacial score (nSPS) is 16.2. The van der Waals surface area contributed by atoms with Crippen molar-refractivity contribution in [3.63, 3.8) is 0 Å². The highest BCUT2D eigenvalue weighted by Gasteiger charge is 2.41. The van der Waals surface area contributed by atoms with Crippen LogP contribution in [0.1, 0.15) is 50.2 Å². The number of aryl methyl sites for hydroxylation is 1. The number of fused-ring (bicyclic) bond motifs is 1. The molecule has 4 heterocycles. The first kappa shape index (κ1) is 45.7. The summed E-state index contributed by atoms with van der Waals surface area (Å²) in [6, 6.07) is 18.8. The Kier molecular flexibility index (Phi) is 15.5. The van der Waals surface area contributed by atoms with Crippen molar-refractivity contribution in [2.75, 3.05) is 45.9 Å². The largest absolute Gasteiger partial charge is 0.506 e. The maximum atomic E-state index is 13.1. The van der Waals surface area contributed by atoms with Crippen LogP contribution in [-0.4, -0.2) is 117 Å². The third-order valence-electron chi connectivity index (χ3n) is 9.33. The molecule has 0 bridgehead atoms. The van der Waals surface area contributed by atoms with Crippen LogP contribution in [0.5, 0.6) is 5.75 Å². The number of phenols is 1. The Bertz CT molecular complexity index is 2070. The maximum absolute atomic E-state index is 13.1. The average Bonchev–Trinajstić information content (AvgIpc) is 3.60. The Labute approximate surface area is 331 Å². The van der Waals surface area contributed by atoms with Crippen molar-refractivity contribution in [3.05, 3.63) is 97.5 Å². The standard InChI is InChI=1S/C34H40N4O5S.2C2HF3O2/c1-23-5-9-30(44-23)33(42)38-17-18-43-34(22-38)12-15-37(16-13-34)21-25-4-2-3-24(19-25)11-14-35-20-29(40)26-6-8-28(39)32-27(26)7-10-31(41)36-32;2*3-2(4,5)1(6)7/h2-10,19,29,35,39-40H,11-18,20-22H2,1H3,(H,36,41);2*(H,6,7)/t29-;;/m0../s1. The minimum Gasteiger partial charge on any atom is -0.506 e. The second-order valence-electron chi connectivity index (χ2n) is 13.6. The summed E-state index contributed by atoms with van der Waals surface area (Å²) in [4.78, 5) is 51.6. The van der Waals surface area contributed by atoms with Crippen LogP contribution in [0, 0.1) is 6.92 Å². The first-order valence-electron chi connectivity index (χ1n) is 17.8. The molecule has 4 aromatic rings. The van der Waals surface area contributed by atoms with Crippen molar-refractivity contribution in [3.8, 4) is 5.75 Å². The predicted molar refractivity (Wildman–Crippen MR) is 200 cm³/mol. The van der Waals surface area contributed by atoms with E-state index in [0.29, 0.717) is 49.3 Å². The molecule has 2 aliphatic heterocycles. The SMILES string of the molecule is Cc1ccc(C(=O)N2CCOC3(CCN(Cc4cccc(CCNC[C@H](O)c5ccc(O)c6[nH]c(=O)ccc56)c4)CC3)C2)s1.O=C(O)C(F)(F)F.O=C(O)C(F)(F)F. The highest BCUT2D eigenvalue weighted by Crippen LogP contribution is 2.32. The number of carbonyl (C=O) groups is 3. The number of amides is 1. The summed E-state index contributed by atoms with van der Waals surface area (Å²) < 4.78 is 69.8. The summed E-state index contributed by atoms with van der Waals surface area (Å²) in [5.41, 5.74) is 2.95. The molecule has 1 atom stereocenters. The zero-order chi connectivity index (χ0) is 42.8. The van der Waals surface area contributed by atoms with Gasteiger partial charge in [-0.2, -0.15) is 26.3 Å². The van der Waals surface area contributed by atoms with E-state index in [-0.39, 0.29) is 22.8 Å². The predicted octanol–water partition coefficient (Wildman–Crippen LogP) is 5.24. The molecule has 0 saturated carbocycles. The Morgan fingerprint density at radius 2 is 1.57 bits per heavy atom. The third-order valence-corrected chi connectivity index (χ3v) is 10.3. The van der Waals surface area contributed by atoms with Gasteiger partial charge in [0, 0.05) is 49.1 Å². The smallest absolute Gasteiger partial charge is 0.490 e. The Morgan fingerprint density at radius 3 is 2.17 bits per heavy atom. The van der Waals surface area contributed by atoms with E-state index in [1.807, 2.05) is 24.0 Å². The molecule has 6 N–H and O–H groups in total. The van der Waals surface area contributed by atoms with Crippen LogP contribution in [0.15, 0.2) is 65.5 Å². The number of phenolic OH excluding ortho intramolecular Hbond substituents is 1. The summed E-state index contributed by atoms with van der Waals surface area (Å²) in [6.07, 6.45) is -8.29. The number of aromatic amines is 1. The molecule has 0 aliphatic carbocycles. The molecule has 0 unspecified atom stereocenters. The minimum atomic E-state index is -5.08. The van der Waals surface area contributed by atoms with E-state index in [2.05, 4.69) is 39.5 Å². The molecular formula is C38H42F6N4O9S. The lowest BCUT2D eigenvalue weighted by Gasteiger charge is -2.47. The van der Waals surface area contributed by atoms with Gasteiger partial charge in [0.15, 0.2) is 0 Å². The van der Waals surface area contributed by atoms with E-state index >= 15 is 0 Å². The number of rotatable bonds is 9. The number of aliphatic carboxylic acids is 2. The van der Waals surface area contributed by atoms with Gasteiger partial charge >= 0.3 is 24.3 Å². The highest BCUT2D eigenvalue weighted by atomic mass is 32.1. The molecule has 2 aliphatic rings. The summed E-state index contributed by atoms with van der Waals surface area (Å²) in [5.74, 6) is -5.41. The summed E-state index contributed by atoms with van der Waals surface area (Å²) in [5, 5.41) is 39.1. The van der Waals surface area contributed by atoms with E-state index in [9.17, 15) is 46.1 Å². The molecule has 316 valence electrons. The quantitative estimate of drug-likeness (QED) is 0.0954. The lowest BCUT2D eigenvalue weighted by Crippen LogP contribution is -2.57. The van der Waals surface area contributed by atoms with Gasteiger partial charge in [0.05, 0.1) is 35.3 Å². The van der Waals surface area contributed by atoms with Crippen molar-refractivity contribution in [1.82, 2.24) is 20.1 Å². The zero-order valence-corrected chi connectivity index (χ0v) is 31.8. The minimum absolute atomic E-state index is 0.0177. The number of hydrogen-bond donors (Lipinski definition) is 6. The molecule has 0 radical (unpaired) electrons. The molecular weight excluding hydrogens is 802 g/mol. The molecule has 58 heavy (non-hydrogen) atoms. The number of aromatic hydroxyl groups is 1. The Hall–Kier alpha value is -5.02. The van der Waals surface area contributed by atoms with E-state index in [4.69, 9.17) is 24.5 Å². The molecule has 1 spiro atoms. The van der Waals surface area contributed by atoms with Crippen molar-refractivity contribution in [1.29, 1.82) is 0 Å². The van der Waals surface area contributed by atoms with Crippen LogP contribution < -0.4 is 10.9 Å². The van der Waals surface area contributed by atoms with Crippen molar-refractivity contribution < 1.29 is 65.9 Å². The number of thiophene rings is 1. The van der Waals surface area contributed by atoms with Gasteiger partial charge in [-0.05, 0) is 73.7 Å². The van der Waals surface area contributed by atoms with Crippen molar-refractivity contribution >= 4 is 40.1 Å². The number of H-pyrrole nitrogens is 1. The van der Waals surface area contributed by atoms with Gasteiger partial charge in [-0.3, -0.25) is 14.5 Å². The molecule has 6 rings (SSSR count). The number of pyridine rings is 1. The Balaban J connectivity index is 0.000000456. The van der Waals surface area contributed by atoms with Crippen LogP contribution in [0.4, 0.5) is 26.3 Å². The monoisotopic (exact) mass is 844 g/mol. The van der Waals surface area contributed by atoms with Crippen LogP contribution in [-0.2, 0) is 27.3 Å². The average molecular weight is 845 g/mol. The molecule has 2 aromatic heterocycles. The highest BCUT2D eigenvalue weighted by molar-refractivity contribution is 7.13. The maximum Gasteiger partial charge on any atom is 0.490 e. The summed E-state index contributed by atoms with van der Waals surface area (Å²) in [6.45, 7) is 7.74. The lowest BCUT2D eigenvalue weighted by molar-refractivity contribution is -0.193. The second kappa shape index (κ2) is 19.6. The number of aliphatic hydroxyl groups is 1. The molecule has 2 fully saturated rings. The van der Waals surface area contributed by atoms with Gasteiger partial charge in [0.25, 0.3) is 5.91 Å². The van der Waals surface area contributed by atoms with Crippen molar-refractivity contribution in [2.45, 2.75) is 56.8 Å². The zero-order valence-electron chi connectivity index (χ0n) is 31.0. The summed E-state index contributed by atoms with van der Waals surface area (Å²) in [7, 11) is 0. The first-order valence-corrected chi connectivity index (χ1v) is 18.6. The van der Waals surface area contributed by atoms with Crippen LogP contribution in [0.3, 0.4) is 0 Å². The number of hydrogen-bond acceptors (Lipinski definition) is 10.